The molecule has 0 fully saturated rings. The minimum Gasteiger partial charge on any atom is -0.494 e. The fourth-order valence-corrected chi connectivity index (χ4v) is 1.82. The van der Waals surface area contributed by atoms with Gasteiger partial charge in [0.15, 0.2) is 0 Å². The number of aromatic nitrogens is 1. The molecule has 2 amide bonds. The van der Waals surface area contributed by atoms with Crippen molar-refractivity contribution >= 4 is 23.3 Å². The fourth-order valence-electron chi connectivity index (χ4n) is 1.82. The highest BCUT2D eigenvalue weighted by atomic mass is 16.5. The summed E-state index contributed by atoms with van der Waals surface area (Å²) in [5.41, 5.74) is 1.07. The zero-order chi connectivity index (χ0) is 15.9. The average Bonchev–Trinajstić information content (AvgIpc) is 2.49. The van der Waals surface area contributed by atoms with Gasteiger partial charge in [-0.25, -0.2) is 4.98 Å². The number of nitrogens with zero attached hydrogens (tertiary/aromatic N) is 1. The molecule has 1 aromatic heterocycles. The highest BCUT2D eigenvalue weighted by Crippen LogP contribution is 2.17. The Balaban J connectivity index is 2.06. The number of nitrogens with one attached hydrogen (secondary N) is 2. The van der Waals surface area contributed by atoms with Crippen LogP contribution in [0, 0.1) is 0 Å². The molecule has 1 heterocycles. The smallest absolute Gasteiger partial charge is 0.255 e. The van der Waals surface area contributed by atoms with Gasteiger partial charge in [0.2, 0.25) is 5.91 Å². The maximum atomic E-state index is 12.2. The second-order valence-electron chi connectivity index (χ2n) is 4.52. The van der Waals surface area contributed by atoms with E-state index in [0.29, 0.717) is 23.7 Å². The lowest BCUT2D eigenvalue weighted by molar-refractivity contribution is -0.114. The number of carbonyl (C=O) groups is 2. The van der Waals surface area contributed by atoms with Gasteiger partial charge in [-0.3, -0.25) is 9.59 Å². The van der Waals surface area contributed by atoms with Gasteiger partial charge in [0.25, 0.3) is 5.91 Å². The third-order valence-corrected chi connectivity index (χ3v) is 2.75. The molecule has 0 radical (unpaired) electrons. The predicted molar refractivity (Wildman–Crippen MR) is 84.1 cm³/mol. The summed E-state index contributed by atoms with van der Waals surface area (Å²) in [6.45, 7) is 3.88. The lowest BCUT2D eigenvalue weighted by atomic mass is 10.2. The van der Waals surface area contributed by atoms with Crippen molar-refractivity contribution < 1.29 is 14.3 Å². The topological polar surface area (TPSA) is 80.3 Å². The molecule has 2 N–H and O–H groups in total. The molecule has 0 atom stereocenters. The van der Waals surface area contributed by atoms with E-state index in [1.54, 1.807) is 30.3 Å². The van der Waals surface area contributed by atoms with Gasteiger partial charge in [0.05, 0.1) is 6.61 Å². The number of anilines is 2. The first-order chi connectivity index (χ1) is 10.6. The van der Waals surface area contributed by atoms with E-state index in [1.807, 2.05) is 6.92 Å². The highest BCUT2D eigenvalue weighted by molar-refractivity contribution is 6.05. The molecule has 0 unspecified atom stereocenters. The van der Waals surface area contributed by atoms with Crippen LogP contribution in [-0.2, 0) is 4.79 Å². The Labute approximate surface area is 128 Å². The third kappa shape index (κ3) is 4.31. The van der Waals surface area contributed by atoms with Crippen molar-refractivity contribution in [3.63, 3.8) is 0 Å². The lowest BCUT2D eigenvalue weighted by Crippen LogP contribution is -2.13. The van der Waals surface area contributed by atoms with Gasteiger partial charge in [-0.2, -0.15) is 0 Å². The minimum atomic E-state index is -0.279. The third-order valence-electron chi connectivity index (χ3n) is 2.75. The van der Waals surface area contributed by atoms with Gasteiger partial charge in [-0.15, -0.1) is 0 Å². The highest BCUT2D eigenvalue weighted by Gasteiger charge is 2.08. The number of benzene rings is 1. The molecule has 114 valence electrons. The molecule has 0 spiro atoms. The predicted octanol–water partition coefficient (Wildman–Crippen LogP) is 2.69. The summed E-state index contributed by atoms with van der Waals surface area (Å²) < 4.78 is 5.34. The molecule has 0 aliphatic carbocycles. The normalized spacial score (nSPS) is 9.91. The van der Waals surface area contributed by atoms with E-state index in [1.165, 1.54) is 19.2 Å². The molecule has 0 aliphatic heterocycles. The first kappa shape index (κ1) is 15.5. The second-order valence-corrected chi connectivity index (χ2v) is 4.52. The van der Waals surface area contributed by atoms with Crippen LogP contribution in [0.1, 0.15) is 24.2 Å². The number of ether oxygens (including phenoxy) is 1. The summed E-state index contributed by atoms with van der Waals surface area (Å²) in [5, 5.41) is 5.31. The van der Waals surface area contributed by atoms with Crippen LogP contribution in [0.3, 0.4) is 0 Å². The van der Waals surface area contributed by atoms with Crippen molar-refractivity contribution in [2.24, 2.45) is 0 Å². The molecule has 2 rings (SSSR count). The molecule has 0 saturated heterocycles. The van der Waals surface area contributed by atoms with Crippen LogP contribution in [0.4, 0.5) is 11.5 Å². The van der Waals surface area contributed by atoms with Crippen LogP contribution in [0.25, 0.3) is 0 Å². The van der Waals surface area contributed by atoms with E-state index in [2.05, 4.69) is 15.6 Å². The van der Waals surface area contributed by atoms with Crippen molar-refractivity contribution in [2.75, 3.05) is 17.2 Å². The van der Waals surface area contributed by atoms with Gasteiger partial charge in [0.1, 0.15) is 11.6 Å². The molecule has 0 bridgehead atoms. The van der Waals surface area contributed by atoms with Crippen LogP contribution >= 0.6 is 0 Å². The minimum absolute atomic E-state index is 0.239. The molecule has 6 heteroatoms. The van der Waals surface area contributed by atoms with Crippen LogP contribution < -0.4 is 15.4 Å². The zero-order valence-electron chi connectivity index (χ0n) is 12.4. The number of rotatable bonds is 5. The van der Waals surface area contributed by atoms with Gasteiger partial charge in [-0.1, -0.05) is 0 Å². The van der Waals surface area contributed by atoms with E-state index in [4.69, 9.17) is 4.74 Å². The number of pyridine rings is 1. The Bertz CT molecular complexity index is 669. The lowest BCUT2D eigenvalue weighted by Gasteiger charge is -2.08. The molecule has 0 aliphatic rings. The summed E-state index contributed by atoms with van der Waals surface area (Å²) in [6.07, 6.45) is 1.47. The van der Waals surface area contributed by atoms with E-state index in [0.717, 1.165) is 5.75 Å². The van der Waals surface area contributed by atoms with Crippen molar-refractivity contribution in [1.82, 2.24) is 4.98 Å². The SMILES string of the molecule is CCOc1ccc(NC(=O)c2ccnc(NC(C)=O)c2)cc1. The number of carbonyl (C=O) groups excluding carboxylic acids is 2. The monoisotopic (exact) mass is 299 g/mol. The van der Waals surface area contributed by atoms with E-state index < -0.39 is 0 Å². The maximum absolute atomic E-state index is 12.2. The molecular weight excluding hydrogens is 282 g/mol. The molecular formula is C16H17N3O3. The van der Waals surface area contributed by atoms with Gasteiger partial charge in [0, 0.05) is 24.4 Å². The van der Waals surface area contributed by atoms with Crippen LogP contribution in [0.5, 0.6) is 5.75 Å². The van der Waals surface area contributed by atoms with E-state index in [9.17, 15) is 9.59 Å². The molecule has 2 aromatic rings. The van der Waals surface area contributed by atoms with Gasteiger partial charge < -0.3 is 15.4 Å². The Hall–Kier alpha value is -2.89. The second kappa shape index (κ2) is 7.21. The van der Waals surface area contributed by atoms with Crippen molar-refractivity contribution in [2.45, 2.75) is 13.8 Å². The van der Waals surface area contributed by atoms with Gasteiger partial charge >= 0.3 is 0 Å². The Morgan fingerprint density at radius 1 is 1.14 bits per heavy atom. The number of hydrogen-bond acceptors (Lipinski definition) is 4. The first-order valence-corrected chi connectivity index (χ1v) is 6.86. The molecule has 22 heavy (non-hydrogen) atoms. The van der Waals surface area contributed by atoms with Crippen molar-refractivity contribution in [3.05, 3.63) is 48.2 Å². The zero-order valence-corrected chi connectivity index (χ0v) is 12.4. The standard InChI is InChI=1S/C16H17N3O3/c1-3-22-14-6-4-13(5-7-14)19-16(21)12-8-9-17-15(10-12)18-11(2)20/h4-10H,3H2,1-2H3,(H,19,21)(H,17,18,20). The quantitative estimate of drug-likeness (QED) is 0.889. The van der Waals surface area contributed by atoms with E-state index >= 15 is 0 Å². The number of hydrogen-bond donors (Lipinski definition) is 2. The Morgan fingerprint density at radius 3 is 2.50 bits per heavy atom. The average molecular weight is 299 g/mol. The Kier molecular flexibility index (Phi) is 5.08. The Morgan fingerprint density at radius 2 is 1.86 bits per heavy atom. The molecule has 0 saturated carbocycles. The molecule has 6 nitrogen and oxygen atoms in total. The van der Waals surface area contributed by atoms with Crippen molar-refractivity contribution in [3.8, 4) is 5.75 Å². The van der Waals surface area contributed by atoms with Crippen molar-refractivity contribution in [1.29, 1.82) is 0 Å². The van der Waals surface area contributed by atoms with Crippen LogP contribution in [0.15, 0.2) is 42.6 Å². The summed E-state index contributed by atoms with van der Waals surface area (Å²) >= 11 is 0. The summed E-state index contributed by atoms with van der Waals surface area (Å²) in [4.78, 5) is 27.2. The summed E-state index contributed by atoms with van der Waals surface area (Å²) in [5.74, 6) is 0.568. The van der Waals surface area contributed by atoms with Crippen LogP contribution in [0.2, 0.25) is 0 Å². The van der Waals surface area contributed by atoms with Gasteiger partial charge in [-0.05, 0) is 43.3 Å². The van der Waals surface area contributed by atoms with Crippen LogP contribution in [-0.4, -0.2) is 23.4 Å². The number of amides is 2. The first-order valence-electron chi connectivity index (χ1n) is 6.86. The fraction of sp³-hybridized carbons (Fsp3) is 0.188. The summed E-state index contributed by atoms with van der Waals surface area (Å²) in [7, 11) is 0. The summed E-state index contributed by atoms with van der Waals surface area (Å²) in [6, 6.07) is 10.2. The molecule has 1 aromatic carbocycles. The van der Waals surface area contributed by atoms with E-state index in [-0.39, 0.29) is 11.8 Å². The maximum Gasteiger partial charge on any atom is 0.255 e. The largest absolute Gasteiger partial charge is 0.494 e.